The highest BCUT2D eigenvalue weighted by Gasteiger charge is 2.25. The molecule has 0 saturated carbocycles. The molecule has 3 rings (SSSR count). The molecule has 0 fully saturated rings. The molecular formula is C17H17N4O6S2+. The molecule has 0 aliphatic carbocycles. The van der Waals surface area contributed by atoms with E-state index in [1.54, 1.807) is 31.4 Å². The Hall–Kier alpha value is -3.09. The fourth-order valence-corrected chi connectivity index (χ4v) is 3.63. The number of hydrogen-bond donors (Lipinski definition) is 3. The zero-order chi connectivity index (χ0) is 21.0. The molecular weight excluding hydrogens is 420 g/mol. The molecule has 1 aromatic heterocycles. The highest BCUT2D eigenvalue weighted by atomic mass is 32.2. The Kier molecular flexibility index (Phi) is 6.06. The minimum absolute atomic E-state index is 0.0599. The molecule has 4 N–H and O–H groups in total. The van der Waals surface area contributed by atoms with Crippen molar-refractivity contribution < 1.29 is 27.2 Å². The van der Waals surface area contributed by atoms with Gasteiger partial charge in [0.2, 0.25) is 21.6 Å². The van der Waals surface area contributed by atoms with Crippen LogP contribution >= 0.6 is 11.8 Å². The molecule has 3 aromatic rings. The highest BCUT2D eigenvalue weighted by molar-refractivity contribution is 7.99. The number of rotatable bonds is 7. The normalized spacial score (nSPS) is 11.2. The van der Waals surface area contributed by atoms with Crippen LogP contribution in [-0.4, -0.2) is 32.5 Å². The first-order valence-corrected chi connectivity index (χ1v) is 10.6. The summed E-state index contributed by atoms with van der Waals surface area (Å²) in [5.74, 6) is 0.192. The zero-order valence-electron chi connectivity index (χ0n) is 15.1. The van der Waals surface area contributed by atoms with Crippen molar-refractivity contribution in [3.8, 4) is 11.4 Å². The molecule has 0 saturated heterocycles. The van der Waals surface area contributed by atoms with E-state index in [-0.39, 0.29) is 21.6 Å². The van der Waals surface area contributed by atoms with Crippen molar-refractivity contribution in [3.05, 3.63) is 59.0 Å². The number of aromatic nitrogens is 2. The third kappa shape index (κ3) is 5.04. The largest absolute Gasteiger partial charge is 0.497 e. The van der Waals surface area contributed by atoms with Gasteiger partial charge < -0.3 is 10.1 Å². The molecule has 0 spiro atoms. The lowest BCUT2D eigenvalue weighted by molar-refractivity contribution is -0.704. The van der Waals surface area contributed by atoms with E-state index in [4.69, 9.17) is 14.4 Å². The van der Waals surface area contributed by atoms with E-state index >= 15 is 0 Å². The maximum atomic E-state index is 12.2. The van der Waals surface area contributed by atoms with Gasteiger partial charge in [-0.1, -0.05) is 0 Å². The van der Waals surface area contributed by atoms with E-state index < -0.39 is 15.6 Å². The molecule has 152 valence electrons. The number of aromatic amines is 1. The smallest absolute Gasteiger partial charge is 0.442 e. The monoisotopic (exact) mass is 437 g/mol. The van der Waals surface area contributed by atoms with Crippen LogP contribution in [-0.2, 0) is 14.8 Å². The Bertz CT molecular complexity index is 1170. The van der Waals surface area contributed by atoms with Gasteiger partial charge in [0.05, 0.1) is 17.8 Å². The second kappa shape index (κ2) is 8.51. The molecule has 0 aliphatic rings. The van der Waals surface area contributed by atoms with Crippen LogP contribution < -0.4 is 25.5 Å². The number of nitrogens with one attached hydrogen (secondary N) is 2. The van der Waals surface area contributed by atoms with E-state index in [1.807, 2.05) is 0 Å². The second-order valence-electron chi connectivity index (χ2n) is 5.73. The number of amides is 1. The molecule has 12 heteroatoms. The van der Waals surface area contributed by atoms with Crippen LogP contribution in [0.4, 0.5) is 5.69 Å². The summed E-state index contributed by atoms with van der Waals surface area (Å²) in [6.45, 7) is 0. The number of thioether (sulfide) groups is 1. The molecule has 0 unspecified atom stereocenters. The number of nitrogens with zero attached hydrogens (tertiary/aromatic N) is 1. The zero-order valence-corrected chi connectivity index (χ0v) is 16.7. The van der Waals surface area contributed by atoms with Crippen molar-refractivity contribution in [2.24, 2.45) is 5.14 Å². The Morgan fingerprint density at radius 1 is 1.21 bits per heavy atom. The number of benzene rings is 2. The predicted molar refractivity (Wildman–Crippen MR) is 105 cm³/mol. The molecule has 0 atom stereocenters. The predicted octanol–water partition coefficient (Wildman–Crippen LogP) is 0.631. The standard InChI is InChI=1S/C17H16N4O6S2/c1-26-13-6-4-12(5-7-13)21-16(17(23)27-20-21)28-10-15(22)19-11-2-8-14(9-3-11)29(18,24)25/h2-9H,10H2,1H3,(H3-,18,19,20,22,23,24,25)/p+1. The quantitative estimate of drug-likeness (QED) is 0.363. The van der Waals surface area contributed by atoms with E-state index in [0.717, 1.165) is 11.8 Å². The lowest BCUT2D eigenvalue weighted by Crippen LogP contribution is -2.36. The number of sulfonamides is 1. The fourth-order valence-electron chi connectivity index (χ4n) is 2.35. The molecule has 10 nitrogen and oxygen atoms in total. The summed E-state index contributed by atoms with van der Waals surface area (Å²) in [5.41, 5.74) is 0.404. The topological polar surface area (TPSA) is 148 Å². The minimum Gasteiger partial charge on any atom is -0.497 e. The maximum Gasteiger partial charge on any atom is 0.442 e. The number of primary sulfonamides is 1. The van der Waals surface area contributed by atoms with Crippen LogP contribution in [0.3, 0.4) is 0 Å². The number of H-pyrrole nitrogens is 1. The SMILES string of the molecule is COc1ccc(-[n+]2[nH]oc(=O)c2SCC(=O)Nc2ccc(S(N)(=O)=O)cc2)cc1. The molecule has 29 heavy (non-hydrogen) atoms. The minimum atomic E-state index is -3.80. The summed E-state index contributed by atoms with van der Waals surface area (Å²) >= 11 is 0.986. The third-order valence-corrected chi connectivity index (χ3v) is 5.70. The van der Waals surface area contributed by atoms with Gasteiger partial charge in [-0.25, -0.2) is 18.4 Å². The van der Waals surface area contributed by atoms with Crippen molar-refractivity contribution in [1.82, 2.24) is 5.27 Å². The van der Waals surface area contributed by atoms with Crippen molar-refractivity contribution in [1.29, 1.82) is 0 Å². The summed E-state index contributed by atoms with van der Waals surface area (Å²) in [6, 6.07) is 12.3. The average Bonchev–Trinajstić information content (AvgIpc) is 3.06. The second-order valence-corrected chi connectivity index (χ2v) is 8.25. The van der Waals surface area contributed by atoms with Crippen LogP contribution in [0.5, 0.6) is 5.75 Å². The maximum absolute atomic E-state index is 12.2. The van der Waals surface area contributed by atoms with E-state index in [9.17, 15) is 18.0 Å². The van der Waals surface area contributed by atoms with E-state index in [2.05, 4.69) is 10.6 Å². The van der Waals surface area contributed by atoms with Crippen molar-refractivity contribution in [2.75, 3.05) is 18.2 Å². The van der Waals surface area contributed by atoms with Crippen molar-refractivity contribution >= 4 is 33.4 Å². The Labute approximate surface area is 169 Å². The number of nitrogens with two attached hydrogens (primary N) is 1. The summed E-state index contributed by atoms with van der Waals surface area (Å²) in [7, 11) is -2.26. The van der Waals surface area contributed by atoms with Gasteiger partial charge >= 0.3 is 10.7 Å². The molecule has 0 bridgehead atoms. The summed E-state index contributed by atoms with van der Waals surface area (Å²) in [5, 5.41) is 10.3. The average molecular weight is 437 g/mol. The third-order valence-electron chi connectivity index (χ3n) is 3.74. The highest BCUT2D eigenvalue weighted by Crippen LogP contribution is 2.16. The number of carbonyl (C=O) groups is 1. The number of hydrogen-bond acceptors (Lipinski definition) is 7. The van der Waals surface area contributed by atoms with Gasteiger partial charge in [0.15, 0.2) is 0 Å². The molecule has 1 amide bonds. The molecule has 2 aromatic carbocycles. The summed E-state index contributed by atoms with van der Waals surface area (Å²) in [6.07, 6.45) is 0. The van der Waals surface area contributed by atoms with Crippen LogP contribution in [0.25, 0.3) is 5.69 Å². The lowest BCUT2D eigenvalue weighted by atomic mass is 10.3. The van der Waals surface area contributed by atoms with E-state index in [0.29, 0.717) is 17.1 Å². The van der Waals surface area contributed by atoms with Gasteiger partial charge in [0, 0.05) is 17.8 Å². The first-order valence-electron chi connectivity index (χ1n) is 8.11. The Morgan fingerprint density at radius 2 is 1.86 bits per heavy atom. The van der Waals surface area contributed by atoms with Gasteiger partial charge in [-0.3, -0.25) is 9.32 Å². The Balaban J connectivity index is 1.67. The first-order chi connectivity index (χ1) is 13.8. The van der Waals surface area contributed by atoms with E-state index in [1.165, 1.54) is 28.9 Å². The number of ether oxygens (including phenoxy) is 1. The first kappa shape index (κ1) is 20.6. The number of methoxy groups -OCH3 is 1. The fraction of sp³-hybridized carbons (Fsp3) is 0.118. The van der Waals surface area contributed by atoms with Gasteiger partial charge in [0.25, 0.3) is 0 Å². The molecule has 1 heterocycles. The molecule has 0 radical (unpaired) electrons. The van der Waals surface area contributed by atoms with Crippen LogP contribution in [0, 0.1) is 0 Å². The van der Waals surface area contributed by atoms with Gasteiger partial charge in [-0.15, -0.1) is 0 Å². The van der Waals surface area contributed by atoms with Gasteiger partial charge in [-0.05, 0) is 58.1 Å². The number of anilines is 1. The van der Waals surface area contributed by atoms with Crippen molar-refractivity contribution in [3.63, 3.8) is 0 Å². The van der Waals surface area contributed by atoms with Gasteiger partial charge in [-0.2, -0.15) is 0 Å². The summed E-state index contributed by atoms with van der Waals surface area (Å²) in [4.78, 5) is 24.1. The molecule has 0 aliphatic heterocycles. The van der Waals surface area contributed by atoms with Crippen molar-refractivity contribution in [2.45, 2.75) is 9.92 Å². The lowest BCUT2D eigenvalue weighted by Gasteiger charge is -2.04. The van der Waals surface area contributed by atoms with Crippen LogP contribution in [0.2, 0.25) is 0 Å². The number of carbonyl (C=O) groups excluding carboxylic acids is 1. The van der Waals surface area contributed by atoms with Crippen LogP contribution in [0.1, 0.15) is 0 Å². The van der Waals surface area contributed by atoms with Crippen LogP contribution in [0.15, 0.2) is 67.8 Å². The summed E-state index contributed by atoms with van der Waals surface area (Å²) < 4.78 is 33.9. The van der Waals surface area contributed by atoms with Gasteiger partial charge in [0.1, 0.15) is 5.75 Å². The Morgan fingerprint density at radius 3 is 2.45 bits per heavy atom.